The van der Waals surface area contributed by atoms with E-state index in [4.69, 9.17) is 5.73 Å². The van der Waals surface area contributed by atoms with Crippen LogP contribution in [0.15, 0.2) is 0 Å². The lowest BCUT2D eigenvalue weighted by atomic mass is 10.2. The maximum atomic E-state index is 11.5. The summed E-state index contributed by atoms with van der Waals surface area (Å²) in [6, 6.07) is -0.415. The smallest absolute Gasteiger partial charge is 0.236 e. The third-order valence-corrected chi connectivity index (χ3v) is 2.54. The van der Waals surface area contributed by atoms with Crippen molar-refractivity contribution in [1.82, 2.24) is 10.2 Å². The fourth-order valence-electron chi connectivity index (χ4n) is 1.66. The normalized spacial score (nSPS) is 23.4. The van der Waals surface area contributed by atoms with Gasteiger partial charge in [0.1, 0.15) is 0 Å². The van der Waals surface area contributed by atoms with Crippen molar-refractivity contribution in [3.63, 3.8) is 0 Å². The van der Waals surface area contributed by atoms with Gasteiger partial charge in [0, 0.05) is 19.0 Å². The first-order valence-electron chi connectivity index (χ1n) is 5.27. The van der Waals surface area contributed by atoms with Crippen LogP contribution < -0.4 is 11.1 Å². The lowest BCUT2D eigenvalue weighted by Gasteiger charge is -2.21. The molecule has 2 atom stereocenters. The Morgan fingerprint density at radius 1 is 1.53 bits per heavy atom. The standard InChI is InChI=1S/C10H19N3O2/c1-6(2)13-5-8(4-9(13)14)12-10(15)7(3)11/h6-8H,4-5,11H2,1-3H3,(H,12,15)/t7-,8?/m1/s1. The molecule has 1 rings (SSSR count). The van der Waals surface area contributed by atoms with E-state index in [1.165, 1.54) is 0 Å². The topological polar surface area (TPSA) is 75.4 Å². The number of nitrogens with one attached hydrogen (secondary N) is 1. The molecule has 1 fully saturated rings. The van der Waals surface area contributed by atoms with Crippen LogP contribution in [-0.4, -0.2) is 41.4 Å². The lowest BCUT2D eigenvalue weighted by Crippen LogP contribution is -2.45. The summed E-state index contributed by atoms with van der Waals surface area (Å²) in [4.78, 5) is 24.6. The number of nitrogens with two attached hydrogens (primary N) is 1. The summed E-state index contributed by atoms with van der Waals surface area (Å²) in [5, 5.41) is 2.77. The van der Waals surface area contributed by atoms with Gasteiger partial charge < -0.3 is 16.0 Å². The molecule has 5 heteroatoms. The number of hydrogen-bond donors (Lipinski definition) is 2. The van der Waals surface area contributed by atoms with Crippen LogP contribution in [0.2, 0.25) is 0 Å². The first-order valence-corrected chi connectivity index (χ1v) is 5.27. The second-order valence-electron chi connectivity index (χ2n) is 4.34. The van der Waals surface area contributed by atoms with E-state index in [0.717, 1.165) is 0 Å². The van der Waals surface area contributed by atoms with Crippen LogP contribution in [0, 0.1) is 0 Å². The number of rotatable bonds is 3. The zero-order chi connectivity index (χ0) is 11.6. The summed E-state index contributed by atoms with van der Waals surface area (Å²) >= 11 is 0. The molecule has 0 saturated carbocycles. The maximum Gasteiger partial charge on any atom is 0.236 e. The van der Waals surface area contributed by atoms with Gasteiger partial charge in [-0.3, -0.25) is 9.59 Å². The van der Waals surface area contributed by atoms with Gasteiger partial charge in [-0.15, -0.1) is 0 Å². The molecule has 0 aromatic carbocycles. The lowest BCUT2D eigenvalue weighted by molar-refractivity contribution is -0.129. The molecule has 2 amide bonds. The molecular weight excluding hydrogens is 194 g/mol. The Hall–Kier alpha value is -1.10. The summed E-state index contributed by atoms with van der Waals surface area (Å²) in [7, 11) is 0. The molecule has 3 N–H and O–H groups in total. The summed E-state index contributed by atoms with van der Waals surface area (Å²) in [6.45, 7) is 6.16. The van der Waals surface area contributed by atoms with E-state index in [9.17, 15) is 9.59 Å². The molecule has 0 bridgehead atoms. The number of amides is 2. The fraction of sp³-hybridized carbons (Fsp3) is 0.800. The molecule has 1 heterocycles. The molecule has 1 aliphatic rings. The van der Waals surface area contributed by atoms with E-state index in [-0.39, 0.29) is 23.9 Å². The highest BCUT2D eigenvalue weighted by molar-refractivity contribution is 5.84. The molecule has 0 aromatic rings. The fourth-order valence-corrected chi connectivity index (χ4v) is 1.66. The van der Waals surface area contributed by atoms with Crippen molar-refractivity contribution in [3.8, 4) is 0 Å². The highest BCUT2D eigenvalue weighted by Crippen LogP contribution is 2.14. The molecule has 0 aromatic heterocycles. The van der Waals surface area contributed by atoms with Gasteiger partial charge >= 0.3 is 0 Å². The third-order valence-electron chi connectivity index (χ3n) is 2.54. The average Bonchev–Trinajstić information content (AvgIpc) is 2.46. The second-order valence-corrected chi connectivity index (χ2v) is 4.34. The van der Waals surface area contributed by atoms with Crippen LogP contribution in [0.3, 0.4) is 0 Å². The van der Waals surface area contributed by atoms with Crippen molar-refractivity contribution in [2.75, 3.05) is 6.54 Å². The van der Waals surface area contributed by atoms with Gasteiger partial charge in [0.2, 0.25) is 11.8 Å². The number of nitrogens with zero attached hydrogens (tertiary/aromatic N) is 1. The van der Waals surface area contributed by atoms with Crippen LogP contribution in [-0.2, 0) is 9.59 Å². The van der Waals surface area contributed by atoms with Crippen LogP contribution >= 0.6 is 0 Å². The highest BCUT2D eigenvalue weighted by atomic mass is 16.2. The molecule has 1 saturated heterocycles. The van der Waals surface area contributed by atoms with Crippen LogP contribution in [0.1, 0.15) is 27.2 Å². The van der Waals surface area contributed by atoms with Crippen molar-refractivity contribution in [2.45, 2.75) is 45.3 Å². The molecule has 1 aliphatic heterocycles. The summed E-state index contributed by atoms with van der Waals surface area (Å²) in [5.41, 5.74) is 5.43. The molecule has 5 nitrogen and oxygen atoms in total. The Balaban J connectivity index is 2.48. The largest absolute Gasteiger partial charge is 0.350 e. The van der Waals surface area contributed by atoms with Crippen molar-refractivity contribution < 1.29 is 9.59 Å². The van der Waals surface area contributed by atoms with Crippen LogP contribution in [0.4, 0.5) is 0 Å². The van der Waals surface area contributed by atoms with Gasteiger partial charge in [-0.05, 0) is 20.8 Å². The first-order chi connectivity index (χ1) is 6.91. The first kappa shape index (κ1) is 12.0. The summed E-state index contributed by atoms with van der Waals surface area (Å²) in [6.07, 6.45) is 0.386. The summed E-state index contributed by atoms with van der Waals surface area (Å²) in [5.74, 6) is -0.0987. The molecule has 0 radical (unpaired) electrons. The minimum absolute atomic E-state index is 0.0848. The predicted molar refractivity (Wildman–Crippen MR) is 57.0 cm³/mol. The number of likely N-dealkylation sites (tertiary alicyclic amines) is 1. The van der Waals surface area contributed by atoms with Gasteiger partial charge in [-0.2, -0.15) is 0 Å². The zero-order valence-electron chi connectivity index (χ0n) is 9.49. The second kappa shape index (κ2) is 4.61. The minimum Gasteiger partial charge on any atom is -0.350 e. The zero-order valence-corrected chi connectivity index (χ0v) is 9.49. The van der Waals surface area contributed by atoms with E-state index >= 15 is 0 Å². The van der Waals surface area contributed by atoms with Gasteiger partial charge in [0.25, 0.3) is 0 Å². The van der Waals surface area contributed by atoms with Gasteiger partial charge in [-0.1, -0.05) is 0 Å². The molecular formula is C10H19N3O2. The third kappa shape index (κ3) is 2.92. The predicted octanol–water partition coefficient (Wildman–Crippen LogP) is -0.541. The van der Waals surface area contributed by atoms with E-state index < -0.39 is 6.04 Å². The number of carbonyl (C=O) groups is 2. The van der Waals surface area contributed by atoms with Crippen molar-refractivity contribution >= 4 is 11.8 Å². The molecule has 86 valence electrons. The summed E-state index contributed by atoms with van der Waals surface area (Å²) < 4.78 is 0. The van der Waals surface area contributed by atoms with Gasteiger partial charge in [-0.25, -0.2) is 0 Å². The highest BCUT2D eigenvalue weighted by Gasteiger charge is 2.32. The van der Waals surface area contributed by atoms with Gasteiger partial charge in [0.15, 0.2) is 0 Å². The average molecular weight is 213 g/mol. The number of hydrogen-bond acceptors (Lipinski definition) is 3. The van der Waals surface area contributed by atoms with Crippen LogP contribution in [0.5, 0.6) is 0 Å². The Kier molecular flexibility index (Phi) is 3.68. The molecule has 1 unspecified atom stereocenters. The Morgan fingerprint density at radius 3 is 2.53 bits per heavy atom. The quantitative estimate of drug-likeness (QED) is 0.661. The van der Waals surface area contributed by atoms with Crippen LogP contribution in [0.25, 0.3) is 0 Å². The van der Waals surface area contributed by atoms with E-state index in [2.05, 4.69) is 5.32 Å². The van der Waals surface area contributed by atoms with E-state index in [0.29, 0.717) is 13.0 Å². The van der Waals surface area contributed by atoms with Crippen molar-refractivity contribution in [3.05, 3.63) is 0 Å². The minimum atomic E-state index is -0.520. The Bertz CT molecular complexity index is 263. The molecule has 0 aliphatic carbocycles. The SMILES string of the molecule is CC(C)N1CC(NC(=O)[C@@H](C)N)CC1=O. The van der Waals surface area contributed by atoms with E-state index in [1.807, 2.05) is 13.8 Å². The molecule has 15 heavy (non-hydrogen) atoms. The number of carbonyl (C=O) groups excluding carboxylic acids is 2. The van der Waals surface area contributed by atoms with Gasteiger partial charge in [0.05, 0.1) is 12.1 Å². The Labute approximate surface area is 90.0 Å². The molecule has 0 spiro atoms. The van der Waals surface area contributed by atoms with E-state index in [1.54, 1.807) is 11.8 Å². The van der Waals surface area contributed by atoms with Crippen molar-refractivity contribution in [2.24, 2.45) is 5.73 Å². The Morgan fingerprint density at radius 2 is 2.13 bits per heavy atom. The van der Waals surface area contributed by atoms with Crippen molar-refractivity contribution in [1.29, 1.82) is 0 Å². The maximum absolute atomic E-state index is 11.5. The monoisotopic (exact) mass is 213 g/mol.